The highest BCUT2D eigenvalue weighted by Crippen LogP contribution is 2.23. The van der Waals surface area contributed by atoms with Gasteiger partial charge in [-0.1, -0.05) is 17.7 Å². The van der Waals surface area contributed by atoms with Crippen LogP contribution in [-0.4, -0.2) is 23.5 Å². The first-order valence-corrected chi connectivity index (χ1v) is 7.11. The molecule has 0 aliphatic heterocycles. The van der Waals surface area contributed by atoms with E-state index in [0.717, 1.165) is 5.56 Å². The lowest BCUT2D eigenvalue weighted by Gasteiger charge is -2.22. The molecule has 1 aromatic heterocycles. The summed E-state index contributed by atoms with van der Waals surface area (Å²) in [4.78, 5) is 24.8. The van der Waals surface area contributed by atoms with Crippen LogP contribution in [0.1, 0.15) is 22.3 Å². The molecule has 2 aromatic rings. The molecule has 6 heteroatoms. The van der Waals surface area contributed by atoms with Crippen LogP contribution in [0.4, 0.5) is 5.69 Å². The van der Waals surface area contributed by atoms with Gasteiger partial charge in [-0.3, -0.25) is 9.59 Å². The average Bonchev–Trinajstić information content (AvgIpc) is 2.86. The smallest absolute Gasteiger partial charge is 0.305 e. The van der Waals surface area contributed by atoms with Gasteiger partial charge in [0.15, 0.2) is 4.67 Å². The standard InChI is InChI=1S/C15H14BrNO4/c1-10-2-4-11(5-3-10)17(8-6-13(18)19)15(20)12-7-9-21-14(12)16/h2-5,7,9H,6,8H2,1H3,(H,18,19). The summed E-state index contributed by atoms with van der Waals surface area (Å²) in [5, 5.41) is 8.85. The van der Waals surface area contributed by atoms with Crippen LogP contribution >= 0.6 is 15.9 Å². The Morgan fingerprint density at radius 3 is 2.43 bits per heavy atom. The van der Waals surface area contributed by atoms with E-state index in [1.54, 1.807) is 18.2 Å². The van der Waals surface area contributed by atoms with Crippen LogP contribution < -0.4 is 4.90 Å². The number of aliphatic carboxylic acids is 1. The molecule has 0 radical (unpaired) electrons. The summed E-state index contributed by atoms with van der Waals surface area (Å²) in [7, 11) is 0. The summed E-state index contributed by atoms with van der Waals surface area (Å²) < 4.78 is 5.40. The maximum atomic E-state index is 12.6. The maximum absolute atomic E-state index is 12.6. The Labute approximate surface area is 130 Å². The summed E-state index contributed by atoms with van der Waals surface area (Å²) in [6.07, 6.45) is 1.27. The molecule has 0 aliphatic carbocycles. The van der Waals surface area contributed by atoms with Crippen molar-refractivity contribution >= 4 is 33.5 Å². The van der Waals surface area contributed by atoms with Gasteiger partial charge < -0.3 is 14.4 Å². The first-order chi connectivity index (χ1) is 9.99. The molecule has 1 amide bonds. The minimum atomic E-state index is -0.953. The van der Waals surface area contributed by atoms with Gasteiger partial charge in [0.1, 0.15) is 0 Å². The van der Waals surface area contributed by atoms with Gasteiger partial charge in [-0.25, -0.2) is 0 Å². The Kier molecular flexibility index (Phi) is 4.80. The van der Waals surface area contributed by atoms with Crippen molar-refractivity contribution in [2.45, 2.75) is 13.3 Å². The first-order valence-electron chi connectivity index (χ1n) is 6.32. The van der Waals surface area contributed by atoms with Crippen molar-refractivity contribution in [3.05, 3.63) is 52.4 Å². The summed E-state index contributed by atoms with van der Waals surface area (Å²) in [5.74, 6) is -1.26. The van der Waals surface area contributed by atoms with E-state index in [9.17, 15) is 9.59 Å². The second-order valence-electron chi connectivity index (χ2n) is 4.54. The quantitative estimate of drug-likeness (QED) is 0.895. The molecule has 1 aromatic carbocycles. The van der Waals surface area contributed by atoms with E-state index < -0.39 is 5.97 Å². The molecular formula is C15H14BrNO4. The maximum Gasteiger partial charge on any atom is 0.305 e. The van der Waals surface area contributed by atoms with Gasteiger partial charge in [0, 0.05) is 12.2 Å². The van der Waals surface area contributed by atoms with Crippen molar-refractivity contribution in [1.29, 1.82) is 0 Å². The third-order valence-corrected chi connectivity index (χ3v) is 3.60. The third kappa shape index (κ3) is 3.72. The van der Waals surface area contributed by atoms with E-state index in [1.807, 2.05) is 19.1 Å². The van der Waals surface area contributed by atoms with Crippen molar-refractivity contribution in [3.8, 4) is 0 Å². The summed E-state index contributed by atoms with van der Waals surface area (Å²) in [6, 6.07) is 8.89. The Morgan fingerprint density at radius 1 is 1.24 bits per heavy atom. The zero-order chi connectivity index (χ0) is 15.4. The molecule has 5 nitrogen and oxygen atoms in total. The van der Waals surface area contributed by atoms with E-state index in [1.165, 1.54) is 11.2 Å². The molecule has 0 fully saturated rings. The molecule has 1 N–H and O–H groups in total. The molecule has 110 valence electrons. The zero-order valence-electron chi connectivity index (χ0n) is 11.4. The van der Waals surface area contributed by atoms with Gasteiger partial charge in [0.2, 0.25) is 0 Å². The summed E-state index contributed by atoms with van der Waals surface area (Å²) >= 11 is 3.17. The summed E-state index contributed by atoms with van der Waals surface area (Å²) in [5.41, 5.74) is 2.08. The number of carboxylic acids is 1. The number of carboxylic acid groups (broad SMARTS) is 1. The zero-order valence-corrected chi connectivity index (χ0v) is 13.0. The molecule has 0 bridgehead atoms. The number of furan rings is 1. The Hall–Kier alpha value is -2.08. The van der Waals surface area contributed by atoms with Gasteiger partial charge in [-0.05, 0) is 41.1 Å². The number of amides is 1. The number of hydrogen-bond donors (Lipinski definition) is 1. The first kappa shape index (κ1) is 15.3. The third-order valence-electron chi connectivity index (χ3n) is 2.99. The van der Waals surface area contributed by atoms with Crippen molar-refractivity contribution in [3.63, 3.8) is 0 Å². The van der Waals surface area contributed by atoms with Crippen LogP contribution in [0.25, 0.3) is 0 Å². The molecule has 0 atom stereocenters. The number of carbonyl (C=O) groups is 2. The fraction of sp³-hybridized carbons (Fsp3) is 0.200. The fourth-order valence-corrected chi connectivity index (χ4v) is 2.28. The lowest BCUT2D eigenvalue weighted by Crippen LogP contribution is -2.33. The molecule has 0 saturated heterocycles. The average molecular weight is 352 g/mol. The molecule has 0 aliphatic rings. The largest absolute Gasteiger partial charge is 0.481 e. The number of nitrogens with zero attached hydrogens (tertiary/aromatic N) is 1. The van der Waals surface area contributed by atoms with E-state index in [4.69, 9.17) is 9.52 Å². The van der Waals surface area contributed by atoms with Crippen molar-refractivity contribution < 1.29 is 19.1 Å². The van der Waals surface area contributed by atoms with Crippen LogP contribution in [-0.2, 0) is 4.79 Å². The molecule has 0 spiro atoms. The lowest BCUT2D eigenvalue weighted by atomic mass is 10.2. The van der Waals surface area contributed by atoms with E-state index in [2.05, 4.69) is 15.9 Å². The second kappa shape index (κ2) is 6.58. The second-order valence-corrected chi connectivity index (χ2v) is 5.26. The predicted molar refractivity (Wildman–Crippen MR) is 81.5 cm³/mol. The molecule has 0 saturated carbocycles. The molecule has 21 heavy (non-hydrogen) atoms. The highest BCUT2D eigenvalue weighted by atomic mass is 79.9. The molecule has 2 rings (SSSR count). The minimum absolute atomic E-state index is 0.0921. The number of benzene rings is 1. The number of hydrogen-bond acceptors (Lipinski definition) is 3. The Bertz CT molecular complexity index is 648. The van der Waals surface area contributed by atoms with Crippen LogP contribution in [0, 0.1) is 6.92 Å². The van der Waals surface area contributed by atoms with Crippen LogP contribution in [0.2, 0.25) is 0 Å². The van der Waals surface area contributed by atoms with E-state index in [-0.39, 0.29) is 18.9 Å². The molecule has 1 heterocycles. The topological polar surface area (TPSA) is 70.8 Å². The minimum Gasteiger partial charge on any atom is -0.481 e. The van der Waals surface area contributed by atoms with E-state index in [0.29, 0.717) is 15.9 Å². The summed E-state index contributed by atoms with van der Waals surface area (Å²) in [6.45, 7) is 2.04. The van der Waals surface area contributed by atoms with Crippen molar-refractivity contribution in [2.75, 3.05) is 11.4 Å². The van der Waals surface area contributed by atoms with Gasteiger partial charge >= 0.3 is 5.97 Å². The van der Waals surface area contributed by atoms with Crippen LogP contribution in [0.15, 0.2) is 45.7 Å². The number of halogens is 1. The monoisotopic (exact) mass is 351 g/mol. The van der Waals surface area contributed by atoms with E-state index >= 15 is 0 Å². The fourth-order valence-electron chi connectivity index (χ4n) is 1.87. The van der Waals surface area contributed by atoms with Gasteiger partial charge in [0.05, 0.1) is 18.2 Å². The highest BCUT2D eigenvalue weighted by molar-refractivity contribution is 9.10. The SMILES string of the molecule is Cc1ccc(N(CCC(=O)O)C(=O)c2ccoc2Br)cc1. The van der Waals surface area contributed by atoms with Gasteiger partial charge in [-0.15, -0.1) is 0 Å². The van der Waals surface area contributed by atoms with Gasteiger partial charge in [0.25, 0.3) is 5.91 Å². The number of anilines is 1. The normalized spacial score (nSPS) is 10.4. The molecular weight excluding hydrogens is 338 g/mol. The molecule has 0 unspecified atom stereocenters. The number of rotatable bonds is 5. The Morgan fingerprint density at radius 2 is 1.90 bits per heavy atom. The number of aryl methyl sites for hydroxylation is 1. The lowest BCUT2D eigenvalue weighted by molar-refractivity contribution is -0.136. The predicted octanol–water partition coefficient (Wildman–Crippen LogP) is 3.47. The van der Waals surface area contributed by atoms with Gasteiger partial charge in [-0.2, -0.15) is 0 Å². The highest BCUT2D eigenvalue weighted by Gasteiger charge is 2.22. The Balaban J connectivity index is 2.31. The van der Waals surface area contributed by atoms with Crippen LogP contribution in [0.5, 0.6) is 0 Å². The van der Waals surface area contributed by atoms with Crippen LogP contribution in [0.3, 0.4) is 0 Å². The number of carbonyl (C=O) groups excluding carboxylic acids is 1. The van der Waals surface area contributed by atoms with Crippen molar-refractivity contribution in [2.24, 2.45) is 0 Å². The van der Waals surface area contributed by atoms with Crippen molar-refractivity contribution in [1.82, 2.24) is 0 Å².